The molecule has 2 heterocycles. The maximum absolute atomic E-state index is 4.97. The molecule has 25 heavy (non-hydrogen) atoms. The average molecular weight is 330 g/mol. The summed E-state index contributed by atoms with van der Waals surface area (Å²) >= 11 is 0. The zero-order valence-electron chi connectivity index (χ0n) is 15.5. The molecule has 2 aromatic heterocycles. The van der Waals surface area contributed by atoms with Crippen molar-refractivity contribution in [3.8, 4) is 11.3 Å². The first-order chi connectivity index (χ1) is 11.9. The van der Waals surface area contributed by atoms with Crippen molar-refractivity contribution >= 4 is 0 Å². The fourth-order valence-corrected chi connectivity index (χ4v) is 3.63. The van der Waals surface area contributed by atoms with Crippen LogP contribution in [0.3, 0.4) is 0 Å². The largest absolute Gasteiger partial charge is 0.261 e. The van der Waals surface area contributed by atoms with Gasteiger partial charge in [-0.25, -0.2) is 0 Å². The van der Waals surface area contributed by atoms with Gasteiger partial charge in [-0.2, -0.15) is 0 Å². The summed E-state index contributed by atoms with van der Waals surface area (Å²) in [7, 11) is 0. The van der Waals surface area contributed by atoms with Crippen molar-refractivity contribution in [1.29, 1.82) is 0 Å². The summed E-state index contributed by atoms with van der Waals surface area (Å²) in [5.41, 5.74) is 4.37. The van der Waals surface area contributed by atoms with Gasteiger partial charge in [0.05, 0.1) is 5.69 Å². The molecule has 0 amide bonds. The monoisotopic (exact) mass is 330 g/mol. The molecule has 0 atom stereocenters. The number of rotatable bonds is 5. The van der Waals surface area contributed by atoms with E-state index < -0.39 is 0 Å². The third-order valence-electron chi connectivity index (χ3n) is 4.75. The zero-order chi connectivity index (χ0) is 17.9. The van der Waals surface area contributed by atoms with Gasteiger partial charge < -0.3 is 0 Å². The van der Waals surface area contributed by atoms with Crippen molar-refractivity contribution in [3.05, 3.63) is 84.3 Å². The highest BCUT2D eigenvalue weighted by Crippen LogP contribution is 2.37. The Labute approximate surface area is 151 Å². The molecule has 0 unspecified atom stereocenters. The predicted octanol–water partition coefficient (Wildman–Crippen LogP) is 5.79. The van der Waals surface area contributed by atoms with Crippen molar-refractivity contribution in [3.63, 3.8) is 0 Å². The Morgan fingerprint density at radius 2 is 1.32 bits per heavy atom. The van der Waals surface area contributed by atoms with Crippen LogP contribution in [0.1, 0.15) is 45.5 Å². The van der Waals surface area contributed by atoms with Crippen LogP contribution < -0.4 is 0 Å². The summed E-state index contributed by atoms with van der Waals surface area (Å²) in [5.74, 6) is 0. The van der Waals surface area contributed by atoms with Crippen LogP contribution in [0.5, 0.6) is 0 Å². The molecule has 3 rings (SSSR count). The third-order valence-corrected chi connectivity index (χ3v) is 4.75. The van der Waals surface area contributed by atoms with Crippen LogP contribution in [-0.4, -0.2) is 9.97 Å². The summed E-state index contributed by atoms with van der Waals surface area (Å²) in [6, 6.07) is 22.8. The average Bonchev–Trinajstić information content (AvgIpc) is 2.62. The SMILES string of the molecule is CC(C)(CC(C)(C)c1cccc(-c2ccccc2)n1)c1ccccn1. The van der Waals surface area contributed by atoms with E-state index in [0.717, 1.165) is 29.1 Å². The molecule has 0 saturated carbocycles. The molecule has 0 N–H and O–H groups in total. The van der Waals surface area contributed by atoms with Crippen LogP contribution in [-0.2, 0) is 10.8 Å². The molecule has 1 aromatic carbocycles. The summed E-state index contributed by atoms with van der Waals surface area (Å²) in [5, 5.41) is 0. The molecule has 0 aliphatic carbocycles. The van der Waals surface area contributed by atoms with Gasteiger partial charge in [0.25, 0.3) is 0 Å². The summed E-state index contributed by atoms with van der Waals surface area (Å²) in [6.45, 7) is 9.07. The Kier molecular flexibility index (Phi) is 4.71. The first-order valence-electron chi connectivity index (χ1n) is 8.83. The van der Waals surface area contributed by atoms with Gasteiger partial charge in [0, 0.05) is 34.0 Å². The van der Waals surface area contributed by atoms with E-state index in [1.807, 2.05) is 18.3 Å². The van der Waals surface area contributed by atoms with Crippen molar-refractivity contribution in [2.24, 2.45) is 0 Å². The second-order valence-electron chi connectivity index (χ2n) is 7.93. The van der Waals surface area contributed by atoms with E-state index >= 15 is 0 Å². The lowest BCUT2D eigenvalue weighted by molar-refractivity contribution is 0.336. The maximum Gasteiger partial charge on any atom is 0.0705 e. The Morgan fingerprint density at radius 1 is 0.680 bits per heavy atom. The molecule has 2 nitrogen and oxygen atoms in total. The van der Waals surface area contributed by atoms with Crippen LogP contribution in [0.25, 0.3) is 11.3 Å². The first-order valence-corrected chi connectivity index (χ1v) is 8.83. The van der Waals surface area contributed by atoms with Crippen LogP contribution in [0.4, 0.5) is 0 Å². The van der Waals surface area contributed by atoms with Crippen molar-refractivity contribution < 1.29 is 0 Å². The number of benzene rings is 1. The van der Waals surface area contributed by atoms with E-state index in [9.17, 15) is 0 Å². The second-order valence-corrected chi connectivity index (χ2v) is 7.93. The molecule has 0 aliphatic rings. The van der Waals surface area contributed by atoms with Gasteiger partial charge in [-0.05, 0) is 30.7 Å². The van der Waals surface area contributed by atoms with Gasteiger partial charge in [0.1, 0.15) is 0 Å². The highest BCUT2D eigenvalue weighted by Gasteiger charge is 2.33. The van der Waals surface area contributed by atoms with E-state index in [1.54, 1.807) is 0 Å². The highest BCUT2D eigenvalue weighted by molar-refractivity contribution is 5.59. The topological polar surface area (TPSA) is 25.8 Å². The molecule has 2 heteroatoms. The van der Waals surface area contributed by atoms with Crippen LogP contribution in [0.15, 0.2) is 72.9 Å². The standard InChI is InChI=1S/C23H26N2/c1-22(2,20-14-8-9-16-24-20)17-23(3,4)21-15-10-13-19(25-21)18-11-6-5-7-12-18/h5-16H,17H2,1-4H3. The number of hydrogen-bond donors (Lipinski definition) is 0. The summed E-state index contributed by atoms with van der Waals surface area (Å²) in [6.07, 6.45) is 2.85. The van der Waals surface area contributed by atoms with Crippen LogP contribution >= 0.6 is 0 Å². The molecule has 0 saturated heterocycles. The van der Waals surface area contributed by atoms with E-state index in [-0.39, 0.29) is 10.8 Å². The lowest BCUT2D eigenvalue weighted by atomic mass is 9.71. The molecule has 0 bridgehead atoms. The first kappa shape index (κ1) is 17.3. The maximum atomic E-state index is 4.97. The lowest BCUT2D eigenvalue weighted by Crippen LogP contribution is -2.31. The van der Waals surface area contributed by atoms with Crippen LogP contribution in [0.2, 0.25) is 0 Å². The minimum atomic E-state index is -0.0498. The van der Waals surface area contributed by atoms with Gasteiger partial charge in [-0.15, -0.1) is 0 Å². The predicted molar refractivity (Wildman–Crippen MR) is 105 cm³/mol. The molecular formula is C23H26N2. The molecule has 0 radical (unpaired) electrons. The third kappa shape index (κ3) is 3.96. The Balaban J connectivity index is 1.90. The van der Waals surface area contributed by atoms with Gasteiger partial charge in [0.15, 0.2) is 0 Å². The van der Waals surface area contributed by atoms with Gasteiger partial charge >= 0.3 is 0 Å². The Bertz CT molecular complexity index is 821. The van der Waals surface area contributed by atoms with Gasteiger partial charge in [-0.1, -0.05) is 70.2 Å². The Hall–Kier alpha value is -2.48. The summed E-state index contributed by atoms with van der Waals surface area (Å²) < 4.78 is 0. The fraction of sp³-hybridized carbons (Fsp3) is 0.304. The minimum absolute atomic E-state index is 0.0187. The van der Waals surface area contributed by atoms with Crippen molar-refractivity contribution in [2.45, 2.75) is 44.9 Å². The number of pyridine rings is 2. The smallest absolute Gasteiger partial charge is 0.0705 e. The fourth-order valence-electron chi connectivity index (χ4n) is 3.63. The quantitative estimate of drug-likeness (QED) is 0.592. The van der Waals surface area contributed by atoms with E-state index in [2.05, 4.69) is 87.3 Å². The zero-order valence-corrected chi connectivity index (χ0v) is 15.5. The van der Waals surface area contributed by atoms with Crippen LogP contribution in [0, 0.1) is 0 Å². The normalized spacial score (nSPS) is 12.2. The number of aromatic nitrogens is 2. The summed E-state index contributed by atoms with van der Waals surface area (Å²) in [4.78, 5) is 9.55. The van der Waals surface area contributed by atoms with E-state index in [1.165, 1.54) is 0 Å². The molecule has 0 spiro atoms. The molecule has 0 fully saturated rings. The van der Waals surface area contributed by atoms with Gasteiger partial charge in [0.2, 0.25) is 0 Å². The number of nitrogens with zero attached hydrogens (tertiary/aromatic N) is 2. The minimum Gasteiger partial charge on any atom is -0.261 e. The Morgan fingerprint density at radius 3 is 2.00 bits per heavy atom. The van der Waals surface area contributed by atoms with E-state index in [0.29, 0.717) is 0 Å². The molecule has 0 aliphatic heterocycles. The highest BCUT2D eigenvalue weighted by atomic mass is 14.7. The van der Waals surface area contributed by atoms with Gasteiger partial charge in [-0.3, -0.25) is 9.97 Å². The van der Waals surface area contributed by atoms with Crippen molar-refractivity contribution in [1.82, 2.24) is 9.97 Å². The van der Waals surface area contributed by atoms with Crippen molar-refractivity contribution in [2.75, 3.05) is 0 Å². The lowest BCUT2D eigenvalue weighted by Gasteiger charge is -2.34. The molecule has 3 aromatic rings. The number of hydrogen-bond acceptors (Lipinski definition) is 2. The molecule has 128 valence electrons. The molecular weight excluding hydrogens is 304 g/mol. The van der Waals surface area contributed by atoms with E-state index in [4.69, 9.17) is 4.98 Å². The second kappa shape index (κ2) is 6.79.